The molecule has 0 aliphatic heterocycles. The largest absolute Gasteiger partial charge is 0.491 e. The monoisotopic (exact) mass is 344 g/mol. The van der Waals surface area contributed by atoms with Gasteiger partial charge in [0.05, 0.1) is 28.2 Å². The minimum Gasteiger partial charge on any atom is -0.491 e. The van der Waals surface area contributed by atoms with Gasteiger partial charge in [0.25, 0.3) is 5.56 Å². The molecule has 106 valence electrons. The number of hydrogen-bond acceptors (Lipinski definition) is 3. The Kier molecular flexibility index (Phi) is 4.01. The van der Waals surface area contributed by atoms with Gasteiger partial charge in [-0.2, -0.15) is 0 Å². The molecule has 3 rings (SSSR count). The molecule has 0 aliphatic carbocycles. The zero-order chi connectivity index (χ0) is 14.7. The van der Waals surface area contributed by atoms with Crippen LogP contribution in [0.1, 0.15) is 0 Å². The zero-order valence-electron chi connectivity index (χ0n) is 11.2. The summed E-state index contributed by atoms with van der Waals surface area (Å²) < 4.78 is 8.14. The van der Waals surface area contributed by atoms with Crippen LogP contribution in [-0.4, -0.2) is 16.2 Å². The normalized spacial score (nSPS) is 10.7. The first-order chi connectivity index (χ1) is 10.3. The number of benzene rings is 2. The molecule has 0 unspecified atom stereocenters. The second-order valence-electron chi connectivity index (χ2n) is 4.54. The molecule has 4 nitrogen and oxygen atoms in total. The van der Waals surface area contributed by atoms with Crippen molar-refractivity contribution in [2.75, 3.05) is 6.61 Å². The number of hydrogen-bond donors (Lipinski definition) is 0. The fourth-order valence-corrected chi connectivity index (χ4v) is 2.48. The summed E-state index contributed by atoms with van der Waals surface area (Å²) in [7, 11) is 0. The molecule has 0 fully saturated rings. The quantitative estimate of drug-likeness (QED) is 0.729. The third-order valence-electron chi connectivity index (χ3n) is 3.16. The summed E-state index contributed by atoms with van der Waals surface area (Å²) in [6.07, 6.45) is 1.56. The average molecular weight is 345 g/mol. The Labute approximate surface area is 130 Å². The Morgan fingerprint density at radius 1 is 1.10 bits per heavy atom. The molecule has 21 heavy (non-hydrogen) atoms. The van der Waals surface area contributed by atoms with Crippen LogP contribution in [0.3, 0.4) is 0 Å². The highest BCUT2D eigenvalue weighted by molar-refractivity contribution is 9.10. The van der Waals surface area contributed by atoms with E-state index in [0.29, 0.717) is 24.1 Å². The van der Waals surface area contributed by atoms with Gasteiger partial charge in [0.2, 0.25) is 0 Å². The van der Waals surface area contributed by atoms with Crippen LogP contribution in [0.5, 0.6) is 5.75 Å². The first-order valence-electron chi connectivity index (χ1n) is 6.57. The van der Waals surface area contributed by atoms with Crippen LogP contribution < -0.4 is 10.3 Å². The first kappa shape index (κ1) is 13.8. The van der Waals surface area contributed by atoms with Gasteiger partial charge in [-0.1, -0.05) is 24.3 Å². The molecular formula is C16H13BrN2O2. The highest BCUT2D eigenvalue weighted by Gasteiger charge is 2.04. The first-order valence-corrected chi connectivity index (χ1v) is 7.36. The molecular weight excluding hydrogens is 332 g/mol. The van der Waals surface area contributed by atoms with E-state index < -0.39 is 0 Å². The Bertz CT molecular complexity index is 830. The van der Waals surface area contributed by atoms with E-state index in [9.17, 15) is 4.79 Å². The average Bonchev–Trinajstić information content (AvgIpc) is 2.52. The predicted molar refractivity (Wildman–Crippen MR) is 85.6 cm³/mol. The van der Waals surface area contributed by atoms with Crippen molar-refractivity contribution in [2.24, 2.45) is 0 Å². The van der Waals surface area contributed by atoms with Crippen LogP contribution in [0.25, 0.3) is 10.9 Å². The lowest BCUT2D eigenvalue weighted by Crippen LogP contribution is -2.23. The lowest BCUT2D eigenvalue weighted by Gasteiger charge is -2.09. The summed E-state index contributed by atoms with van der Waals surface area (Å²) in [6, 6.07) is 15.0. The molecule has 0 saturated carbocycles. The van der Waals surface area contributed by atoms with Crippen molar-refractivity contribution in [2.45, 2.75) is 6.54 Å². The second kappa shape index (κ2) is 6.10. The van der Waals surface area contributed by atoms with Crippen LogP contribution >= 0.6 is 15.9 Å². The molecule has 5 heteroatoms. The third kappa shape index (κ3) is 2.97. The third-order valence-corrected chi connectivity index (χ3v) is 3.81. The Morgan fingerprint density at radius 2 is 1.86 bits per heavy atom. The molecule has 0 spiro atoms. The van der Waals surface area contributed by atoms with Crippen molar-refractivity contribution in [3.63, 3.8) is 0 Å². The van der Waals surface area contributed by atoms with Crippen molar-refractivity contribution in [3.05, 3.63) is 69.7 Å². The summed E-state index contributed by atoms with van der Waals surface area (Å²) in [5, 5.41) is 0.626. The summed E-state index contributed by atoms with van der Waals surface area (Å²) in [6.45, 7) is 0.862. The van der Waals surface area contributed by atoms with Crippen molar-refractivity contribution >= 4 is 26.8 Å². The van der Waals surface area contributed by atoms with Gasteiger partial charge in [0.1, 0.15) is 12.4 Å². The molecule has 1 aromatic heterocycles. The fraction of sp³-hybridized carbons (Fsp3) is 0.125. The molecule has 2 aromatic carbocycles. The molecule has 0 radical (unpaired) electrons. The number of halogens is 1. The predicted octanol–water partition coefficient (Wildman–Crippen LogP) is 3.24. The van der Waals surface area contributed by atoms with E-state index >= 15 is 0 Å². The number of para-hydroxylation sites is 2. The van der Waals surface area contributed by atoms with Crippen LogP contribution in [0.4, 0.5) is 0 Å². The minimum atomic E-state index is -0.0451. The number of fused-ring (bicyclic) bond motifs is 1. The van der Waals surface area contributed by atoms with E-state index in [2.05, 4.69) is 20.9 Å². The highest BCUT2D eigenvalue weighted by Crippen LogP contribution is 2.23. The lowest BCUT2D eigenvalue weighted by molar-refractivity contribution is 0.294. The lowest BCUT2D eigenvalue weighted by atomic mass is 10.2. The molecule has 1 heterocycles. The van der Waals surface area contributed by atoms with Crippen molar-refractivity contribution in [1.29, 1.82) is 0 Å². The minimum absolute atomic E-state index is 0.0451. The smallest absolute Gasteiger partial charge is 0.261 e. The number of nitrogens with zero attached hydrogens (tertiary/aromatic N) is 2. The Hall–Kier alpha value is -2.14. The summed E-state index contributed by atoms with van der Waals surface area (Å²) in [5.41, 5.74) is 0.668. The van der Waals surface area contributed by atoms with E-state index in [1.807, 2.05) is 42.5 Å². The van der Waals surface area contributed by atoms with Crippen LogP contribution in [0.2, 0.25) is 0 Å². The SMILES string of the molecule is O=c1c2ccccc2ncn1CCOc1ccccc1Br. The van der Waals surface area contributed by atoms with Crippen molar-refractivity contribution in [3.8, 4) is 5.75 Å². The van der Waals surface area contributed by atoms with Gasteiger partial charge < -0.3 is 4.74 Å². The maximum absolute atomic E-state index is 12.3. The zero-order valence-corrected chi connectivity index (χ0v) is 12.8. The molecule has 0 aliphatic rings. The maximum atomic E-state index is 12.3. The van der Waals surface area contributed by atoms with Crippen LogP contribution in [0.15, 0.2) is 64.1 Å². The fourth-order valence-electron chi connectivity index (χ4n) is 2.08. The van der Waals surface area contributed by atoms with Gasteiger partial charge in [-0.3, -0.25) is 9.36 Å². The topological polar surface area (TPSA) is 44.1 Å². The van der Waals surface area contributed by atoms with E-state index in [0.717, 1.165) is 10.2 Å². The molecule has 0 atom stereocenters. The maximum Gasteiger partial charge on any atom is 0.261 e. The summed E-state index contributed by atoms with van der Waals surface area (Å²) >= 11 is 3.42. The van der Waals surface area contributed by atoms with Gasteiger partial charge >= 0.3 is 0 Å². The van der Waals surface area contributed by atoms with Gasteiger partial charge in [-0.25, -0.2) is 4.98 Å². The highest BCUT2D eigenvalue weighted by atomic mass is 79.9. The molecule has 0 N–H and O–H groups in total. The number of ether oxygens (including phenoxy) is 1. The van der Waals surface area contributed by atoms with Crippen LogP contribution in [0, 0.1) is 0 Å². The van der Waals surface area contributed by atoms with Crippen LogP contribution in [-0.2, 0) is 6.54 Å². The van der Waals surface area contributed by atoms with Gasteiger partial charge in [0, 0.05) is 0 Å². The van der Waals surface area contributed by atoms with Crippen molar-refractivity contribution < 1.29 is 4.74 Å². The standard InChI is InChI=1S/C16H13BrN2O2/c17-13-6-2-4-8-15(13)21-10-9-19-11-18-14-7-3-1-5-12(14)16(19)20/h1-8,11H,9-10H2. The molecule has 0 amide bonds. The second-order valence-corrected chi connectivity index (χ2v) is 5.39. The Morgan fingerprint density at radius 3 is 2.71 bits per heavy atom. The van der Waals surface area contributed by atoms with E-state index in [1.54, 1.807) is 17.0 Å². The van der Waals surface area contributed by atoms with Gasteiger partial charge in [-0.05, 0) is 40.2 Å². The number of rotatable bonds is 4. The van der Waals surface area contributed by atoms with Crippen molar-refractivity contribution in [1.82, 2.24) is 9.55 Å². The van der Waals surface area contributed by atoms with Gasteiger partial charge in [-0.15, -0.1) is 0 Å². The van der Waals surface area contributed by atoms with Gasteiger partial charge in [0.15, 0.2) is 0 Å². The Balaban J connectivity index is 1.76. The number of aromatic nitrogens is 2. The summed E-state index contributed by atoms with van der Waals surface area (Å²) in [4.78, 5) is 16.6. The van der Waals surface area contributed by atoms with E-state index in [-0.39, 0.29) is 5.56 Å². The van der Waals surface area contributed by atoms with E-state index in [4.69, 9.17) is 4.74 Å². The van der Waals surface area contributed by atoms with E-state index in [1.165, 1.54) is 0 Å². The molecule has 0 bridgehead atoms. The summed E-state index contributed by atoms with van der Waals surface area (Å²) in [5.74, 6) is 0.763. The molecule has 3 aromatic rings. The molecule has 0 saturated heterocycles.